The normalized spacial score (nSPS) is 18.5. The number of hydrogen-bond acceptors (Lipinski definition) is 5. The van der Waals surface area contributed by atoms with Crippen molar-refractivity contribution in [3.05, 3.63) is 62.1 Å². The Balaban J connectivity index is 1.65. The van der Waals surface area contributed by atoms with Gasteiger partial charge in [0.05, 0.1) is 28.8 Å². The molecule has 2 aliphatic rings. The number of nitro benzene ring substituents is 1. The first-order chi connectivity index (χ1) is 14.0. The molecule has 1 unspecified atom stereocenters. The predicted molar refractivity (Wildman–Crippen MR) is 114 cm³/mol. The molecule has 2 heterocycles. The van der Waals surface area contributed by atoms with Gasteiger partial charge in [-0.15, -0.1) is 0 Å². The summed E-state index contributed by atoms with van der Waals surface area (Å²) in [5.41, 5.74) is 1.94. The zero-order chi connectivity index (χ0) is 20.4. The smallest absolute Gasteiger partial charge is 0.270 e. The molecule has 8 heteroatoms. The number of carbonyl (C=O) groups excluding carboxylic acids is 1. The van der Waals surface area contributed by atoms with Gasteiger partial charge in [-0.05, 0) is 43.5 Å². The van der Waals surface area contributed by atoms with Gasteiger partial charge in [0.15, 0.2) is 0 Å². The molecule has 29 heavy (non-hydrogen) atoms. The lowest BCUT2D eigenvalue weighted by molar-refractivity contribution is -0.384. The van der Waals surface area contributed by atoms with Crippen LogP contribution >= 0.6 is 15.9 Å². The summed E-state index contributed by atoms with van der Waals surface area (Å²) >= 11 is 3.47. The van der Waals surface area contributed by atoms with Crippen LogP contribution in [-0.4, -0.2) is 30.5 Å². The first kappa shape index (κ1) is 19.7. The molecule has 1 fully saturated rings. The van der Waals surface area contributed by atoms with E-state index in [-0.39, 0.29) is 17.6 Å². The van der Waals surface area contributed by atoms with Gasteiger partial charge in [-0.2, -0.15) is 0 Å². The second kappa shape index (κ2) is 8.41. The second-order valence-electron chi connectivity index (χ2n) is 7.35. The average Bonchev–Trinajstić information content (AvgIpc) is 2.74. The maximum Gasteiger partial charge on any atom is 0.270 e. The monoisotopic (exact) mass is 459 g/mol. The molecule has 0 spiro atoms. The number of piperidine rings is 1. The largest absolute Gasteiger partial charge is 0.493 e. The van der Waals surface area contributed by atoms with E-state index in [9.17, 15) is 14.9 Å². The van der Waals surface area contributed by atoms with Crippen molar-refractivity contribution < 1.29 is 14.5 Å². The Labute approximate surface area is 177 Å². The molecule has 0 saturated carbocycles. The number of halogens is 1. The van der Waals surface area contributed by atoms with E-state index in [4.69, 9.17) is 4.74 Å². The fraction of sp³-hybridized carbons (Fsp3) is 0.381. The summed E-state index contributed by atoms with van der Waals surface area (Å²) in [6, 6.07) is 10.1. The van der Waals surface area contributed by atoms with E-state index in [1.807, 2.05) is 18.2 Å². The number of ether oxygens (including phenoxy) is 1. The molecule has 1 N–H and O–H groups in total. The van der Waals surface area contributed by atoms with E-state index in [2.05, 4.69) is 26.1 Å². The Morgan fingerprint density at radius 1 is 1.17 bits per heavy atom. The molecule has 0 aliphatic carbocycles. The van der Waals surface area contributed by atoms with Crippen LogP contribution in [0.5, 0.6) is 5.75 Å². The van der Waals surface area contributed by atoms with E-state index in [0.717, 1.165) is 47.4 Å². The van der Waals surface area contributed by atoms with Crippen molar-refractivity contribution in [3.8, 4) is 5.75 Å². The van der Waals surface area contributed by atoms with Crippen LogP contribution < -0.4 is 15.0 Å². The third-order valence-corrected chi connectivity index (χ3v) is 5.94. The molecule has 2 aliphatic heterocycles. The summed E-state index contributed by atoms with van der Waals surface area (Å²) in [6.07, 6.45) is 3.92. The number of nitrogens with zero attached hydrogens (tertiary/aromatic N) is 2. The minimum atomic E-state index is -0.461. The van der Waals surface area contributed by atoms with Crippen molar-refractivity contribution >= 4 is 33.2 Å². The Morgan fingerprint density at radius 3 is 2.72 bits per heavy atom. The van der Waals surface area contributed by atoms with E-state index >= 15 is 0 Å². The van der Waals surface area contributed by atoms with Gasteiger partial charge >= 0.3 is 0 Å². The topological polar surface area (TPSA) is 84.7 Å². The van der Waals surface area contributed by atoms with Gasteiger partial charge in [-0.3, -0.25) is 14.9 Å². The molecule has 1 amide bonds. The number of nitro groups is 1. The number of rotatable bonds is 4. The molecule has 2 aromatic carbocycles. The number of anilines is 1. The van der Waals surface area contributed by atoms with Crippen LogP contribution in [0.1, 0.15) is 47.6 Å². The van der Waals surface area contributed by atoms with E-state index < -0.39 is 4.92 Å². The minimum Gasteiger partial charge on any atom is -0.493 e. The number of fused-ring (bicyclic) bond motifs is 1. The summed E-state index contributed by atoms with van der Waals surface area (Å²) in [5, 5.41) is 14.4. The second-order valence-corrected chi connectivity index (χ2v) is 8.27. The van der Waals surface area contributed by atoms with Gasteiger partial charge < -0.3 is 15.0 Å². The van der Waals surface area contributed by atoms with Crippen LogP contribution in [0, 0.1) is 10.1 Å². The molecule has 152 valence electrons. The lowest BCUT2D eigenvalue weighted by Gasteiger charge is -2.31. The maximum atomic E-state index is 13.2. The van der Waals surface area contributed by atoms with Crippen LogP contribution in [-0.2, 0) is 0 Å². The lowest BCUT2D eigenvalue weighted by atomic mass is 9.99. The highest BCUT2D eigenvalue weighted by molar-refractivity contribution is 9.10. The summed E-state index contributed by atoms with van der Waals surface area (Å²) < 4.78 is 6.60. The predicted octanol–water partition coefficient (Wildman–Crippen LogP) is 4.60. The molecular weight excluding hydrogens is 438 g/mol. The summed E-state index contributed by atoms with van der Waals surface area (Å²) in [4.78, 5) is 26.2. The molecule has 1 atom stereocenters. The molecule has 0 aromatic heterocycles. The Kier molecular flexibility index (Phi) is 5.71. The van der Waals surface area contributed by atoms with Crippen LogP contribution in [0.4, 0.5) is 11.4 Å². The number of nitrogens with one attached hydrogen (secondary N) is 1. The highest BCUT2D eigenvalue weighted by Gasteiger charge is 2.27. The molecule has 4 rings (SSSR count). The Hall–Kier alpha value is -2.61. The van der Waals surface area contributed by atoms with Crippen molar-refractivity contribution in [3.63, 3.8) is 0 Å². The van der Waals surface area contributed by atoms with Crippen LogP contribution in [0.25, 0.3) is 0 Å². The molecule has 7 nitrogen and oxygen atoms in total. The molecule has 1 saturated heterocycles. The van der Waals surface area contributed by atoms with Gasteiger partial charge in [0.25, 0.3) is 11.6 Å². The zero-order valence-electron chi connectivity index (χ0n) is 15.9. The van der Waals surface area contributed by atoms with E-state index in [1.165, 1.54) is 18.6 Å². The Bertz CT molecular complexity index is 944. The quantitative estimate of drug-likeness (QED) is 0.533. The van der Waals surface area contributed by atoms with Gasteiger partial charge in [-0.1, -0.05) is 15.9 Å². The minimum absolute atomic E-state index is 0.0777. The highest BCUT2D eigenvalue weighted by atomic mass is 79.9. The van der Waals surface area contributed by atoms with Crippen LogP contribution in [0.2, 0.25) is 0 Å². The number of benzene rings is 2. The van der Waals surface area contributed by atoms with Crippen LogP contribution in [0.15, 0.2) is 40.9 Å². The highest BCUT2D eigenvalue weighted by Crippen LogP contribution is 2.35. The summed E-state index contributed by atoms with van der Waals surface area (Å²) in [5.74, 6) is 0.451. The standard InChI is InChI=1S/C21H22BrN3O4/c22-14-4-7-20-16(12-14)18(8-11-29-20)23-21(26)17-13-15(25(27)28)5-6-19(17)24-9-2-1-3-10-24/h4-7,12-13,18H,1-3,8-11H2,(H,23,26). The van der Waals surface area contributed by atoms with E-state index in [0.29, 0.717) is 18.6 Å². The maximum absolute atomic E-state index is 13.2. The summed E-state index contributed by atoms with van der Waals surface area (Å²) in [6.45, 7) is 2.21. The molecule has 0 bridgehead atoms. The Morgan fingerprint density at radius 2 is 1.97 bits per heavy atom. The fourth-order valence-corrected chi connectivity index (χ4v) is 4.36. The first-order valence-corrected chi connectivity index (χ1v) is 10.6. The number of non-ortho nitro benzene ring substituents is 1. The van der Waals surface area contributed by atoms with Gasteiger partial charge in [0.1, 0.15) is 5.75 Å². The number of hydrogen-bond donors (Lipinski definition) is 1. The first-order valence-electron chi connectivity index (χ1n) is 9.79. The van der Waals surface area contributed by atoms with Crippen molar-refractivity contribution in [2.24, 2.45) is 0 Å². The van der Waals surface area contributed by atoms with Crippen LogP contribution in [0.3, 0.4) is 0 Å². The lowest BCUT2D eigenvalue weighted by Crippen LogP contribution is -2.35. The zero-order valence-corrected chi connectivity index (χ0v) is 17.5. The molecular formula is C21H22BrN3O4. The van der Waals surface area contributed by atoms with Gasteiger partial charge in [0, 0.05) is 41.7 Å². The van der Waals surface area contributed by atoms with E-state index in [1.54, 1.807) is 6.07 Å². The third-order valence-electron chi connectivity index (χ3n) is 5.45. The fourth-order valence-electron chi connectivity index (χ4n) is 3.98. The molecule has 2 aromatic rings. The van der Waals surface area contributed by atoms with Crippen molar-refractivity contribution in [2.75, 3.05) is 24.6 Å². The average molecular weight is 460 g/mol. The number of amides is 1. The van der Waals surface area contributed by atoms with Crippen molar-refractivity contribution in [1.29, 1.82) is 0 Å². The van der Waals surface area contributed by atoms with Gasteiger partial charge in [-0.25, -0.2) is 0 Å². The van der Waals surface area contributed by atoms with Crippen molar-refractivity contribution in [1.82, 2.24) is 5.32 Å². The molecule has 0 radical (unpaired) electrons. The third kappa shape index (κ3) is 4.22. The number of carbonyl (C=O) groups is 1. The summed E-state index contributed by atoms with van der Waals surface area (Å²) in [7, 11) is 0. The van der Waals surface area contributed by atoms with Crippen molar-refractivity contribution in [2.45, 2.75) is 31.7 Å². The SMILES string of the molecule is O=C(NC1CCOc2ccc(Br)cc21)c1cc([N+](=O)[O-])ccc1N1CCCCC1. The van der Waals surface area contributed by atoms with Gasteiger partial charge in [0.2, 0.25) is 0 Å².